The van der Waals surface area contributed by atoms with Gasteiger partial charge in [-0.05, 0) is 20.3 Å². The largest absolute Gasteiger partial charge is 1.00 e. The van der Waals surface area contributed by atoms with Crippen LogP contribution < -0.4 is 29.6 Å². The van der Waals surface area contributed by atoms with E-state index in [2.05, 4.69) is 11.1 Å². The van der Waals surface area contributed by atoms with Crippen LogP contribution in [-0.2, 0) is 24.1 Å². The summed E-state index contributed by atoms with van der Waals surface area (Å²) < 4.78 is 38.6. The van der Waals surface area contributed by atoms with E-state index in [4.69, 9.17) is 4.74 Å². The minimum atomic E-state index is -4.88. The van der Waals surface area contributed by atoms with Gasteiger partial charge in [-0.25, -0.2) is 8.42 Å². The van der Waals surface area contributed by atoms with Crippen molar-refractivity contribution in [2.75, 3.05) is 13.2 Å². The van der Waals surface area contributed by atoms with Crippen LogP contribution in [0.4, 0.5) is 0 Å². The smallest absolute Gasteiger partial charge is 0.716 e. The van der Waals surface area contributed by atoms with Crippen LogP contribution in [0.15, 0.2) is 0 Å². The van der Waals surface area contributed by atoms with Crippen LogP contribution in [0.3, 0.4) is 0 Å². The molecule has 0 bridgehead atoms. The third-order valence-electron chi connectivity index (χ3n) is 2.59. The van der Waals surface area contributed by atoms with E-state index in [0.29, 0.717) is 6.42 Å². The van der Waals surface area contributed by atoms with Crippen LogP contribution in [0.1, 0.15) is 72.1 Å². The first-order valence-corrected chi connectivity index (χ1v) is 8.96. The summed E-state index contributed by atoms with van der Waals surface area (Å²) in [5.74, 6) is -0.955. The van der Waals surface area contributed by atoms with Crippen molar-refractivity contribution in [3.8, 4) is 0 Å². The van der Waals surface area contributed by atoms with Gasteiger partial charge in [0.2, 0.25) is 0 Å². The van der Waals surface area contributed by atoms with Crippen LogP contribution in [0, 0.1) is 0 Å². The number of unbranched alkanes of at least 4 members (excludes halogenated alkanes) is 6. The number of ether oxygens (including phenoxy) is 1. The molecule has 0 N–H and O–H groups in total. The van der Waals surface area contributed by atoms with E-state index in [-0.39, 0.29) is 36.0 Å². The maximum Gasteiger partial charge on any atom is 1.00 e. The fourth-order valence-corrected chi connectivity index (χ4v) is 1.90. The van der Waals surface area contributed by atoms with Crippen LogP contribution in [0.25, 0.3) is 0 Å². The monoisotopic (exact) mass is 348 g/mol. The van der Waals surface area contributed by atoms with Gasteiger partial charge in [0.05, 0.1) is 0 Å². The normalized spacial score (nSPS) is 10.2. The van der Waals surface area contributed by atoms with Crippen molar-refractivity contribution in [3.05, 3.63) is 0 Å². The molecule has 0 aromatic carbocycles. The number of carbonyl (C=O) groups is 1. The molecule has 0 amide bonds. The van der Waals surface area contributed by atoms with Gasteiger partial charge in [0.1, 0.15) is 0 Å². The molecule has 0 aromatic rings. The summed E-state index contributed by atoms with van der Waals surface area (Å²) in [6.45, 7) is 7.80. The summed E-state index contributed by atoms with van der Waals surface area (Å²) in [5.41, 5.74) is 0. The fourth-order valence-electron chi connectivity index (χ4n) is 1.59. The zero-order chi connectivity index (χ0) is 16.6. The summed E-state index contributed by atoms with van der Waals surface area (Å²) in [7, 11) is -4.88. The Morgan fingerprint density at radius 2 is 1.36 bits per heavy atom. The van der Waals surface area contributed by atoms with Gasteiger partial charge in [-0.1, -0.05) is 45.4 Å². The minimum absolute atomic E-state index is 0. The van der Waals surface area contributed by atoms with Crippen molar-refractivity contribution < 1.29 is 56.2 Å². The molecule has 0 aliphatic carbocycles. The molecule has 6 nitrogen and oxygen atoms in total. The molecule has 0 radical (unpaired) electrons. The van der Waals surface area contributed by atoms with E-state index in [0.717, 1.165) is 32.5 Å². The Morgan fingerprint density at radius 1 is 0.909 bits per heavy atom. The Balaban J connectivity index is -0.000000520. The second kappa shape index (κ2) is 19.4. The fraction of sp³-hybridized carbons (Fsp3) is 0.929. The Kier molecular flexibility index (Phi) is 24.0. The topological polar surface area (TPSA) is 92.7 Å². The molecule has 0 aromatic heterocycles. The molecule has 0 atom stereocenters. The number of rotatable bonds is 11. The van der Waals surface area contributed by atoms with E-state index in [1.165, 1.54) is 19.3 Å². The number of hydrogen-bond donors (Lipinski definition) is 0. The maximum absolute atomic E-state index is 10.8. The Hall–Kier alpha value is 0.340. The van der Waals surface area contributed by atoms with Crippen molar-refractivity contribution in [2.45, 2.75) is 72.1 Å². The molecule has 128 valence electrons. The quantitative estimate of drug-likeness (QED) is 0.229. The molecule has 0 saturated heterocycles. The van der Waals surface area contributed by atoms with Gasteiger partial charge in [0, 0.05) is 19.6 Å². The van der Waals surface area contributed by atoms with Crippen molar-refractivity contribution >= 4 is 16.4 Å². The van der Waals surface area contributed by atoms with Gasteiger partial charge in [-0.15, -0.1) is 0 Å². The average molecular weight is 348 g/mol. The molecular formula is C14H29NaO6S. The summed E-state index contributed by atoms with van der Waals surface area (Å²) in [6.07, 6.45) is 7.17. The van der Waals surface area contributed by atoms with Gasteiger partial charge in [0.25, 0.3) is 10.4 Å². The van der Waals surface area contributed by atoms with Gasteiger partial charge in [0.15, 0.2) is 0 Å². The molecule has 0 rings (SSSR count). The maximum atomic E-state index is 10.8. The third kappa shape index (κ3) is 28.5. The van der Waals surface area contributed by atoms with Crippen LogP contribution in [0.5, 0.6) is 0 Å². The summed E-state index contributed by atoms with van der Waals surface area (Å²) in [4.78, 5) is 10.8. The molecule has 0 saturated carbocycles. The van der Waals surface area contributed by atoms with E-state index in [1.54, 1.807) is 0 Å². The Labute approximate surface area is 157 Å². The molecule has 0 fully saturated rings. The van der Waals surface area contributed by atoms with E-state index < -0.39 is 16.4 Å². The van der Waals surface area contributed by atoms with Gasteiger partial charge >= 0.3 is 35.5 Å². The molecule has 8 heteroatoms. The zero-order valence-electron chi connectivity index (χ0n) is 14.4. The molecule has 0 unspecified atom stereocenters. The van der Waals surface area contributed by atoms with Crippen LogP contribution in [-0.4, -0.2) is 32.2 Å². The first-order valence-electron chi connectivity index (χ1n) is 7.63. The summed E-state index contributed by atoms with van der Waals surface area (Å²) >= 11 is 0. The number of hydrogen-bond acceptors (Lipinski definition) is 6. The predicted octanol–water partition coefficient (Wildman–Crippen LogP) is 0.177. The molecule has 0 heterocycles. The van der Waals surface area contributed by atoms with E-state index >= 15 is 0 Å². The van der Waals surface area contributed by atoms with E-state index in [9.17, 15) is 17.8 Å². The standard InChI is InChI=1S/C10H20O5S.C4H10O.Na/c1-2-3-4-5-6-7-8-9-10(11)15-16(12,13)14;1-3-5-4-2;/h2-9H2,1H3,(H,12,13,14);3-4H2,1-2H3;/q;;+1/p-1. The van der Waals surface area contributed by atoms with Crippen molar-refractivity contribution in [3.63, 3.8) is 0 Å². The van der Waals surface area contributed by atoms with Gasteiger partial charge in [-0.2, -0.15) is 0 Å². The molecule has 22 heavy (non-hydrogen) atoms. The van der Waals surface area contributed by atoms with Crippen molar-refractivity contribution in [1.29, 1.82) is 0 Å². The average Bonchev–Trinajstić information content (AvgIpc) is 2.37. The third-order valence-corrected chi connectivity index (χ3v) is 2.98. The molecule has 0 aliphatic heterocycles. The van der Waals surface area contributed by atoms with Crippen LogP contribution in [0.2, 0.25) is 0 Å². The van der Waals surface area contributed by atoms with Crippen molar-refractivity contribution in [2.24, 2.45) is 0 Å². The Bertz CT molecular complexity index is 330. The minimum Gasteiger partial charge on any atom is -0.716 e. The second-order valence-corrected chi connectivity index (χ2v) is 5.50. The first kappa shape index (κ1) is 27.2. The zero-order valence-corrected chi connectivity index (χ0v) is 17.2. The SMILES string of the molecule is CCCCCCCCCC(=O)OS(=O)(=O)[O-].CCOCC.[Na+]. The van der Waals surface area contributed by atoms with Gasteiger partial charge in [-0.3, -0.25) is 4.79 Å². The van der Waals surface area contributed by atoms with Gasteiger partial charge < -0.3 is 13.5 Å². The predicted molar refractivity (Wildman–Crippen MR) is 80.6 cm³/mol. The van der Waals surface area contributed by atoms with Crippen LogP contribution >= 0.6 is 0 Å². The molecule has 0 aliphatic rings. The summed E-state index contributed by atoms with van der Waals surface area (Å²) in [6, 6.07) is 0. The number of carbonyl (C=O) groups excluding carboxylic acids is 1. The van der Waals surface area contributed by atoms with Crippen molar-refractivity contribution in [1.82, 2.24) is 0 Å². The Morgan fingerprint density at radius 3 is 1.73 bits per heavy atom. The first-order chi connectivity index (χ1) is 9.87. The second-order valence-electron chi connectivity index (χ2n) is 4.52. The molecule has 0 spiro atoms. The van der Waals surface area contributed by atoms with E-state index in [1.807, 2.05) is 13.8 Å². The summed E-state index contributed by atoms with van der Waals surface area (Å²) in [5, 5.41) is 0. The molecular weight excluding hydrogens is 319 g/mol.